The first-order chi connectivity index (χ1) is 17.1. The predicted octanol–water partition coefficient (Wildman–Crippen LogP) is 5.89. The number of phenols is 1. The molecule has 0 bridgehead atoms. The van der Waals surface area contributed by atoms with Gasteiger partial charge in [0.2, 0.25) is 0 Å². The van der Waals surface area contributed by atoms with Crippen LogP contribution in [0.1, 0.15) is 61.6 Å². The Morgan fingerprint density at radius 2 is 1.92 bits per heavy atom. The Bertz CT molecular complexity index is 1170. The molecule has 2 N–H and O–H groups in total. The first-order valence-corrected chi connectivity index (χ1v) is 12.2. The van der Waals surface area contributed by atoms with Crippen LogP contribution in [0.4, 0.5) is 13.2 Å². The zero-order valence-corrected chi connectivity index (χ0v) is 20.2. The minimum absolute atomic E-state index is 0.0128. The van der Waals surface area contributed by atoms with E-state index in [0.29, 0.717) is 29.7 Å². The van der Waals surface area contributed by atoms with Crippen molar-refractivity contribution in [1.29, 1.82) is 0 Å². The summed E-state index contributed by atoms with van der Waals surface area (Å²) < 4.78 is 46.8. The summed E-state index contributed by atoms with van der Waals surface area (Å²) in [5.41, 5.74) is 3.14. The van der Waals surface area contributed by atoms with Crippen molar-refractivity contribution in [2.24, 2.45) is 22.4 Å². The van der Waals surface area contributed by atoms with Crippen LogP contribution in [0.15, 0.2) is 41.6 Å². The molecular formula is C27H30F3NO5. The number of alkyl halides is 3. The topological polar surface area (TPSA) is 80.5 Å². The van der Waals surface area contributed by atoms with E-state index in [9.17, 15) is 23.4 Å². The number of hydrogen-bond acceptors (Lipinski definition) is 6. The maximum atomic E-state index is 12.5. The van der Waals surface area contributed by atoms with E-state index in [1.165, 1.54) is 19.2 Å². The van der Waals surface area contributed by atoms with Gasteiger partial charge in [-0.05, 0) is 85.1 Å². The van der Waals surface area contributed by atoms with Gasteiger partial charge in [-0.2, -0.15) is 0 Å². The molecule has 2 aromatic carbocycles. The van der Waals surface area contributed by atoms with Gasteiger partial charge < -0.3 is 24.5 Å². The van der Waals surface area contributed by atoms with E-state index >= 15 is 0 Å². The molecular weight excluding hydrogens is 475 g/mol. The summed E-state index contributed by atoms with van der Waals surface area (Å²) in [7, 11) is 1.36. The fourth-order valence-electron chi connectivity index (χ4n) is 6.69. The van der Waals surface area contributed by atoms with E-state index in [1.54, 1.807) is 12.1 Å². The summed E-state index contributed by atoms with van der Waals surface area (Å²) in [6.45, 7) is 2.19. The molecule has 194 valence electrons. The maximum absolute atomic E-state index is 12.5. The number of phenolic OH excluding ortho intramolecular Hbond substituents is 1. The van der Waals surface area contributed by atoms with Crippen LogP contribution in [-0.2, 0) is 11.4 Å². The number of hydrogen-bond donors (Lipinski definition) is 2. The number of rotatable bonds is 5. The van der Waals surface area contributed by atoms with E-state index in [-0.39, 0.29) is 35.4 Å². The van der Waals surface area contributed by atoms with Crippen LogP contribution in [-0.4, -0.2) is 35.5 Å². The lowest BCUT2D eigenvalue weighted by Crippen LogP contribution is -2.45. The lowest BCUT2D eigenvalue weighted by atomic mass is 9.55. The molecule has 0 aliphatic heterocycles. The smallest absolute Gasteiger partial charge is 0.508 e. The standard InChI is InChI=1S/C27H30F3NO5/c1-26-10-9-19-18-6-4-16(32)11-21(18)23(13-20(19)22(26)7-8-25(26)33)31-35-14-15-3-5-17(12-24(15)34-2)36-27(28,29)30/h3-6,11-12,19-20,22,25,32-33H,7-10,13-14H2,1-2H3/b31-23+/t19-,20-,22+,25+,26+/m1/s1. The number of oxime groups is 1. The summed E-state index contributed by atoms with van der Waals surface area (Å²) in [5.74, 6) is 0.995. The molecule has 2 fully saturated rings. The number of benzene rings is 2. The Labute approximate surface area is 207 Å². The van der Waals surface area contributed by atoms with Gasteiger partial charge in [0, 0.05) is 17.2 Å². The highest BCUT2D eigenvalue weighted by Gasteiger charge is 2.55. The Morgan fingerprint density at radius 1 is 1.11 bits per heavy atom. The Morgan fingerprint density at radius 3 is 2.67 bits per heavy atom. The molecule has 0 amide bonds. The van der Waals surface area contributed by atoms with Crippen molar-refractivity contribution in [3.05, 3.63) is 53.1 Å². The number of aliphatic hydroxyl groups excluding tert-OH is 1. The summed E-state index contributed by atoms with van der Waals surface area (Å²) >= 11 is 0. The zero-order valence-electron chi connectivity index (χ0n) is 20.2. The fraction of sp³-hybridized carbons (Fsp3) is 0.519. The minimum Gasteiger partial charge on any atom is -0.508 e. The van der Waals surface area contributed by atoms with E-state index in [1.807, 2.05) is 6.07 Å². The predicted molar refractivity (Wildman–Crippen MR) is 126 cm³/mol. The molecule has 2 saturated carbocycles. The SMILES string of the molecule is COc1cc(OC(F)(F)F)ccc1CO/N=C1\C[C@@H]2[C@H](CC[C@]3(C)[C@@H](O)CC[C@@H]23)c2ccc(O)cc21. The number of ether oxygens (including phenoxy) is 2. The van der Waals surface area contributed by atoms with E-state index in [0.717, 1.165) is 48.6 Å². The third-order valence-electron chi connectivity index (χ3n) is 8.45. The second-order valence-corrected chi connectivity index (χ2v) is 10.3. The molecule has 3 aliphatic rings. The van der Waals surface area contributed by atoms with Crippen molar-refractivity contribution < 1.29 is 37.7 Å². The fourth-order valence-corrected chi connectivity index (χ4v) is 6.69. The van der Waals surface area contributed by atoms with Gasteiger partial charge in [-0.1, -0.05) is 18.1 Å². The number of aromatic hydroxyl groups is 1. The molecule has 0 spiro atoms. The van der Waals surface area contributed by atoms with Crippen molar-refractivity contribution in [3.8, 4) is 17.2 Å². The van der Waals surface area contributed by atoms with Crippen LogP contribution in [0, 0.1) is 17.3 Å². The van der Waals surface area contributed by atoms with E-state index in [4.69, 9.17) is 9.57 Å². The highest BCUT2D eigenvalue weighted by molar-refractivity contribution is 6.03. The number of fused-ring (bicyclic) bond motifs is 5. The van der Waals surface area contributed by atoms with Gasteiger partial charge in [0.25, 0.3) is 0 Å². The van der Waals surface area contributed by atoms with E-state index in [2.05, 4.69) is 16.8 Å². The third kappa shape index (κ3) is 4.49. The van der Waals surface area contributed by atoms with Crippen molar-refractivity contribution in [1.82, 2.24) is 0 Å². The molecule has 36 heavy (non-hydrogen) atoms. The van der Waals surface area contributed by atoms with Crippen LogP contribution in [0.25, 0.3) is 0 Å². The van der Waals surface area contributed by atoms with Gasteiger partial charge in [0.1, 0.15) is 23.9 Å². The third-order valence-corrected chi connectivity index (χ3v) is 8.45. The number of aliphatic hydroxyl groups is 1. The quantitative estimate of drug-likeness (QED) is 0.495. The monoisotopic (exact) mass is 505 g/mol. The van der Waals surface area contributed by atoms with Crippen molar-refractivity contribution in [2.75, 3.05) is 7.11 Å². The van der Waals surface area contributed by atoms with Gasteiger partial charge in [-0.15, -0.1) is 13.2 Å². The van der Waals surface area contributed by atoms with Crippen molar-refractivity contribution >= 4 is 5.71 Å². The molecule has 0 unspecified atom stereocenters. The molecule has 5 atom stereocenters. The minimum atomic E-state index is -4.79. The Balaban J connectivity index is 1.40. The zero-order chi connectivity index (χ0) is 25.7. The molecule has 2 aromatic rings. The second-order valence-electron chi connectivity index (χ2n) is 10.3. The molecule has 0 saturated heterocycles. The second kappa shape index (κ2) is 9.18. The van der Waals surface area contributed by atoms with Crippen LogP contribution in [0.2, 0.25) is 0 Å². The van der Waals surface area contributed by atoms with Crippen LogP contribution in [0.5, 0.6) is 17.2 Å². The average Bonchev–Trinajstić information content (AvgIpc) is 3.13. The van der Waals surface area contributed by atoms with Crippen LogP contribution in [0.3, 0.4) is 0 Å². The molecule has 3 aliphatic carbocycles. The lowest BCUT2D eigenvalue weighted by Gasteiger charge is -2.50. The molecule has 0 radical (unpaired) electrons. The Hall–Kier alpha value is -2.94. The highest BCUT2D eigenvalue weighted by atomic mass is 19.4. The van der Waals surface area contributed by atoms with Crippen molar-refractivity contribution in [3.63, 3.8) is 0 Å². The van der Waals surface area contributed by atoms with Gasteiger partial charge in [0.15, 0.2) is 0 Å². The van der Waals surface area contributed by atoms with Gasteiger partial charge in [-0.3, -0.25) is 0 Å². The average molecular weight is 506 g/mol. The number of halogens is 3. The molecule has 0 heterocycles. The normalized spacial score (nSPS) is 30.3. The lowest BCUT2D eigenvalue weighted by molar-refractivity contribution is -0.274. The summed E-state index contributed by atoms with van der Waals surface area (Å²) in [5, 5.41) is 25.3. The maximum Gasteiger partial charge on any atom is 0.573 e. The number of nitrogens with zero attached hydrogens (tertiary/aromatic N) is 1. The molecule has 6 nitrogen and oxygen atoms in total. The summed E-state index contributed by atoms with van der Waals surface area (Å²) in [6.07, 6.45) is -0.686. The first kappa shape index (κ1) is 24.7. The van der Waals surface area contributed by atoms with Gasteiger partial charge in [0.05, 0.1) is 18.9 Å². The Kier molecular flexibility index (Phi) is 6.31. The highest BCUT2D eigenvalue weighted by Crippen LogP contribution is 2.61. The first-order valence-electron chi connectivity index (χ1n) is 12.2. The van der Waals surface area contributed by atoms with Crippen molar-refractivity contribution in [2.45, 2.75) is 64.0 Å². The largest absolute Gasteiger partial charge is 0.573 e. The number of methoxy groups -OCH3 is 1. The van der Waals surface area contributed by atoms with E-state index < -0.39 is 6.36 Å². The van der Waals surface area contributed by atoms with Crippen LogP contribution < -0.4 is 9.47 Å². The molecule has 9 heteroatoms. The van der Waals surface area contributed by atoms with Gasteiger partial charge >= 0.3 is 6.36 Å². The summed E-state index contributed by atoms with van der Waals surface area (Å²) in [4.78, 5) is 5.69. The van der Waals surface area contributed by atoms with Crippen LogP contribution >= 0.6 is 0 Å². The van der Waals surface area contributed by atoms with Gasteiger partial charge in [-0.25, -0.2) is 0 Å². The molecule has 5 rings (SSSR count). The summed E-state index contributed by atoms with van der Waals surface area (Å²) in [6, 6.07) is 9.19. The molecule has 0 aromatic heterocycles.